The first-order valence-electron chi connectivity index (χ1n) is 7.23. The lowest BCUT2D eigenvalue weighted by molar-refractivity contribution is -0.132. The number of hydrogen-bond acceptors (Lipinski definition) is 2. The Bertz CT molecular complexity index is 740. The summed E-state index contributed by atoms with van der Waals surface area (Å²) < 4.78 is 5.83. The molecule has 2 aromatic rings. The third-order valence-corrected chi connectivity index (χ3v) is 4.16. The zero-order valence-electron chi connectivity index (χ0n) is 12.9. The summed E-state index contributed by atoms with van der Waals surface area (Å²) in [5, 5.41) is 0.588. The van der Waals surface area contributed by atoms with Gasteiger partial charge in [-0.05, 0) is 50.1 Å². The van der Waals surface area contributed by atoms with E-state index in [4.69, 9.17) is 16.3 Å². The van der Waals surface area contributed by atoms with E-state index in [1.807, 2.05) is 37.3 Å². The number of hydrogen-bond donors (Lipinski definition) is 0. The highest BCUT2D eigenvalue weighted by molar-refractivity contribution is 6.31. The first kappa shape index (κ1) is 14.9. The third kappa shape index (κ3) is 2.57. The largest absolute Gasteiger partial charge is 0.476 e. The van der Waals surface area contributed by atoms with E-state index < -0.39 is 5.60 Å². The summed E-state index contributed by atoms with van der Waals surface area (Å²) in [6.45, 7) is 6.13. The molecule has 2 aromatic carbocycles. The highest BCUT2D eigenvalue weighted by Gasteiger charge is 2.41. The fourth-order valence-corrected chi connectivity index (χ4v) is 2.82. The van der Waals surface area contributed by atoms with Crippen molar-refractivity contribution in [1.29, 1.82) is 0 Å². The molecule has 22 heavy (non-hydrogen) atoms. The lowest BCUT2D eigenvalue weighted by Crippen LogP contribution is -2.52. The maximum atomic E-state index is 12.8. The number of fused-ring (bicyclic) bond motifs is 1. The maximum absolute atomic E-state index is 12.8. The van der Waals surface area contributed by atoms with Crippen molar-refractivity contribution in [2.24, 2.45) is 0 Å². The van der Waals surface area contributed by atoms with Gasteiger partial charge in [0, 0.05) is 5.02 Å². The zero-order chi connectivity index (χ0) is 15.9. The molecule has 4 heteroatoms. The normalized spacial score (nSPS) is 16.2. The second-order valence-corrected chi connectivity index (χ2v) is 6.48. The first-order valence-corrected chi connectivity index (χ1v) is 7.61. The quantitative estimate of drug-likeness (QED) is 0.824. The Hall–Kier alpha value is -2.00. The number of rotatable bonds is 2. The lowest BCUT2D eigenvalue weighted by Gasteiger charge is -2.39. The van der Waals surface area contributed by atoms with Crippen LogP contribution in [0.5, 0.6) is 5.75 Å². The molecule has 0 bridgehead atoms. The number of carbonyl (C=O) groups is 1. The van der Waals surface area contributed by atoms with E-state index in [0.29, 0.717) is 17.3 Å². The van der Waals surface area contributed by atoms with E-state index in [2.05, 4.69) is 0 Å². The van der Waals surface area contributed by atoms with E-state index in [1.165, 1.54) is 0 Å². The molecule has 3 rings (SSSR count). The SMILES string of the molecule is Cc1ccccc1CN1C(=O)C(C)(C)Oc2ccc(Cl)cc21. The van der Waals surface area contributed by atoms with Crippen LogP contribution in [0.3, 0.4) is 0 Å². The topological polar surface area (TPSA) is 29.5 Å². The molecule has 3 nitrogen and oxygen atoms in total. The van der Waals surface area contributed by atoms with Gasteiger partial charge in [-0.3, -0.25) is 4.79 Å². The zero-order valence-corrected chi connectivity index (χ0v) is 13.6. The van der Waals surface area contributed by atoms with Gasteiger partial charge in [0.2, 0.25) is 0 Å². The van der Waals surface area contributed by atoms with Crippen molar-refractivity contribution in [3.63, 3.8) is 0 Å². The summed E-state index contributed by atoms with van der Waals surface area (Å²) in [6.07, 6.45) is 0. The van der Waals surface area contributed by atoms with Crippen LogP contribution < -0.4 is 9.64 Å². The molecule has 0 aliphatic carbocycles. The molecule has 1 amide bonds. The lowest BCUT2D eigenvalue weighted by atomic mass is 10.0. The Balaban J connectivity index is 2.07. The predicted octanol–water partition coefficient (Wildman–Crippen LogP) is 4.35. The number of nitrogens with zero attached hydrogens (tertiary/aromatic N) is 1. The summed E-state index contributed by atoms with van der Waals surface area (Å²) in [7, 11) is 0. The van der Waals surface area contributed by atoms with E-state index in [1.54, 1.807) is 30.9 Å². The predicted molar refractivity (Wildman–Crippen MR) is 88.5 cm³/mol. The number of amides is 1. The highest BCUT2D eigenvalue weighted by Crippen LogP contribution is 2.40. The van der Waals surface area contributed by atoms with Gasteiger partial charge in [-0.15, -0.1) is 0 Å². The molecule has 1 aliphatic heterocycles. The van der Waals surface area contributed by atoms with Gasteiger partial charge in [0.15, 0.2) is 5.60 Å². The molecule has 0 saturated carbocycles. The van der Waals surface area contributed by atoms with Crippen molar-refractivity contribution in [1.82, 2.24) is 0 Å². The summed E-state index contributed by atoms with van der Waals surface area (Å²) in [4.78, 5) is 14.6. The maximum Gasteiger partial charge on any atom is 0.271 e. The molecule has 0 N–H and O–H groups in total. The number of benzene rings is 2. The van der Waals surface area contributed by atoms with Gasteiger partial charge in [-0.25, -0.2) is 0 Å². The van der Waals surface area contributed by atoms with Crippen LogP contribution in [0.2, 0.25) is 5.02 Å². The van der Waals surface area contributed by atoms with Crippen LogP contribution in [-0.4, -0.2) is 11.5 Å². The van der Waals surface area contributed by atoms with E-state index >= 15 is 0 Å². The Morgan fingerprint density at radius 2 is 1.91 bits per heavy atom. The monoisotopic (exact) mass is 315 g/mol. The highest BCUT2D eigenvalue weighted by atomic mass is 35.5. The van der Waals surface area contributed by atoms with E-state index in [-0.39, 0.29) is 5.91 Å². The van der Waals surface area contributed by atoms with Crippen LogP contribution in [0.4, 0.5) is 5.69 Å². The van der Waals surface area contributed by atoms with Crippen LogP contribution in [0, 0.1) is 6.92 Å². The smallest absolute Gasteiger partial charge is 0.271 e. The number of ether oxygens (including phenoxy) is 1. The summed E-state index contributed by atoms with van der Waals surface area (Å²) in [6, 6.07) is 13.4. The van der Waals surface area contributed by atoms with Crippen LogP contribution in [0.15, 0.2) is 42.5 Å². The summed E-state index contributed by atoms with van der Waals surface area (Å²) in [5.41, 5.74) is 2.10. The van der Waals surface area contributed by atoms with Crippen molar-refractivity contribution in [3.05, 3.63) is 58.6 Å². The Morgan fingerprint density at radius 3 is 2.64 bits per heavy atom. The molecule has 0 spiro atoms. The summed E-state index contributed by atoms with van der Waals surface area (Å²) >= 11 is 6.10. The number of anilines is 1. The van der Waals surface area contributed by atoms with Crippen LogP contribution in [-0.2, 0) is 11.3 Å². The minimum Gasteiger partial charge on any atom is -0.476 e. The average molecular weight is 316 g/mol. The second-order valence-electron chi connectivity index (χ2n) is 6.04. The number of carbonyl (C=O) groups excluding carboxylic acids is 1. The second kappa shape index (κ2) is 5.33. The third-order valence-electron chi connectivity index (χ3n) is 3.93. The molecular weight excluding hydrogens is 298 g/mol. The molecule has 114 valence electrons. The Kier molecular flexibility index (Phi) is 3.61. The fraction of sp³-hybridized carbons (Fsp3) is 0.278. The van der Waals surface area contributed by atoms with Gasteiger partial charge in [0.1, 0.15) is 5.75 Å². The van der Waals surface area contributed by atoms with Gasteiger partial charge >= 0.3 is 0 Å². The molecular formula is C18H18ClNO2. The van der Waals surface area contributed by atoms with Crippen molar-refractivity contribution >= 4 is 23.2 Å². The van der Waals surface area contributed by atoms with Gasteiger partial charge < -0.3 is 9.64 Å². The minimum atomic E-state index is -0.885. The standard InChI is InChI=1S/C18H18ClNO2/c1-12-6-4-5-7-13(12)11-20-15-10-14(19)8-9-16(15)22-18(2,3)17(20)21/h4-10H,11H2,1-3H3. The molecule has 0 radical (unpaired) electrons. The molecule has 0 fully saturated rings. The van der Waals surface area contributed by atoms with Gasteiger partial charge in [-0.1, -0.05) is 35.9 Å². The number of aryl methyl sites for hydroxylation is 1. The van der Waals surface area contributed by atoms with Crippen molar-refractivity contribution < 1.29 is 9.53 Å². The van der Waals surface area contributed by atoms with E-state index in [9.17, 15) is 4.79 Å². The van der Waals surface area contributed by atoms with Crippen LogP contribution in [0.1, 0.15) is 25.0 Å². The molecule has 0 aromatic heterocycles. The molecule has 1 aliphatic rings. The summed E-state index contributed by atoms with van der Waals surface area (Å²) in [5.74, 6) is 0.619. The van der Waals surface area contributed by atoms with Crippen molar-refractivity contribution in [2.45, 2.75) is 32.9 Å². The van der Waals surface area contributed by atoms with Crippen LogP contribution >= 0.6 is 11.6 Å². The molecule has 0 atom stereocenters. The van der Waals surface area contributed by atoms with Crippen LogP contribution in [0.25, 0.3) is 0 Å². The van der Waals surface area contributed by atoms with Gasteiger partial charge in [0.05, 0.1) is 12.2 Å². The Labute approximate surface area is 135 Å². The molecule has 0 unspecified atom stereocenters. The Morgan fingerprint density at radius 1 is 1.18 bits per heavy atom. The molecule has 0 saturated heterocycles. The number of halogens is 1. The minimum absolute atomic E-state index is 0.0643. The van der Waals surface area contributed by atoms with Gasteiger partial charge in [0.25, 0.3) is 5.91 Å². The van der Waals surface area contributed by atoms with Gasteiger partial charge in [-0.2, -0.15) is 0 Å². The van der Waals surface area contributed by atoms with Crippen molar-refractivity contribution in [2.75, 3.05) is 4.90 Å². The molecule has 1 heterocycles. The fourth-order valence-electron chi connectivity index (χ4n) is 2.66. The van der Waals surface area contributed by atoms with E-state index in [0.717, 1.165) is 16.8 Å². The first-order chi connectivity index (χ1) is 10.4. The average Bonchev–Trinajstić information content (AvgIpc) is 2.46. The van der Waals surface area contributed by atoms with Crippen molar-refractivity contribution in [3.8, 4) is 5.75 Å².